The lowest BCUT2D eigenvalue weighted by atomic mass is 9.96. The van der Waals surface area contributed by atoms with Gasteiger partial charge < -0.3 is 25.4 Å². The SMILES string of the molecule is O=C(Nc1ccc(C(=O)N2CCN(C(=O)C3CCNCC3)CC2)c(Cl)c1)c1ncc(Cc2c(-c3ccc(Cl)cn3)n[nH]c2C(F)(F)F)[nH]1. The van der Waals surface area contributed by atoms with Crippen LogP contribution in [0.5, 0.6) is 0 Å². The van der Waals surface area contributed by atoms with Crippen LogP contribution in [0.1, 0.15) is 50.8 Å². The highest BCUT2D eigenvalue weighted by molar-refractivity contribution is 6.34. The maximum absolute atomic E-state index is 13.8. The Balaban J connectivity index is 1.09. The van der Waals surface area contributed by atoms with E-state index < -0.39 is 17.8 Å². The number of carbonyl (C=O) groups excluding carboxylic acids is 3. The van der Waals surface area contributed by atoms with Crippen LogP contribution in [-0.4, -0.2) is 91.9 Å². The molecule has 2 fully saturated rings. The summed E-state index contributed by atoms with van der Waals surface area (Å²) in [6.07, 6.45) is -0.813. The van der Waals surface area contributed by atoms with E-state index in [1.165, 1.54) is 42.7 Å². The summed E-state index contributed by atoms with van der Waals surface area (Å²) in [5, 5.41) is 12.2. The zero-order valence-corrected chi connectivity index (χ0v) is 26.8. The number of piperazine rings is 1. The Bertz CT molecular complexity index is 1810. The van der Waals surface area contributed by atoms with Crippen molar-refractivity contribution in [3.8, 4) is 11.4 Å². The van der Waals surface area contributed by atoms with Crippen molar-refractivity contribution in [1.29, 1.82) is 0 Å². The molecule has 12 nitrogen and oxygen atoms in total. The second-order valence-electron chi connectivity index (χ2n) is 11.5. The molecule has 6 rings (SSSR count). The summed E-state index contributed by atoms with van der Waals surface area (Å²) in [5.74, 6) is -0.955. The van der Waals surface area contributed by atoms with Crippen LogP contribution in [0.15, 0.2) is 42.7 Å². The van der Waals surface area contributed by atoms with Gasteiger partial charge in [-0.25, -0.2) is 4.98 Å². The van der Waals surface area contributed by atoms with Crippen molar-refractivity contribution in [2.45, 2.75) is 25.4 Å². The van der Waals surface area contributed by atoms with Crippen LogP contribution in [0.2, 0.25) is 10.0 Å². The number of rotatable bonds is 7. The Kier molecular flexibility index (Phi) is 9.71. The molecule has 4 N–H and O–H groups in total. The number of halogens is 5. The van der Waals surface area contributed by atoms with Crippen molar-refractivity contribution >= 4 is 46.6 Å². The molecule has 48 heavy (non-hydrogen) atoms. The van der Waals surface area contributed by atoms with Crippen LogP contribution in [0.25, 0.3) is 11.4 Å². The Labute approximate surface area is 282 Å². The number of amides is 3. The van der Waals surface area contributed by atoms with E-state index in [2.05, 4.69) is 30.7 Å². The van der Waals surface area contributed by atoms with Crippen LogP contribution in [0, 0.1) is 5.92 Å². The van der Waals surface area contributed by atoms with Gasteiger partial charge in [-0.3, -0.25) is 24.5 Å². The van der Waals surface area contributed by atoms with E-state index >= 15 is 0 Å². The first kappa shape index (κ1) is 33.4. The Morgan fingerprint density at radius 3 is 2.35 bits per heavy atom. The molecule has 252 valence electrons. The van der Waals surface area contributed by atoms with E-state index in [0.29, 0.717) is 31.2 Å². The molecule has 0 radical (unpaired) electrons. The van der Waals surface area contributed by atoms with Crippen molar-refractivity contribution in [2.75, 3.05) is 44.6 Å². The van der Waals surface area contributed by atoms with Crippen molar-refractivity contribution < 1.29 is 27.6 Å². The van der Waals surface area contributed by atoms with Crippen LogP contribution >= 0.6 is 23.2 Å². The molecule has 2 aliphatic rings. The van der Waals surface area contributed by atoms with Gasteiger partial charge in [-0.1, -0.05) is 23.2 Å². The number of H-pyrrole nitrogens is 2. The number of hydrogen-bond acceptors (Lipinski definition) is 7. The molecular weight excluding hydrogens is 674 g/mol. The minimum Gasteiger partial charge on any atom is -0.339 e. The van der Waals surface area contributed by atoms with Crippen molar-refractivity contribution in [1.82, 2.24) is 40.3 Å². The predicted molar refractivity (Wildman–Crippen MR) is 171 cm³/mol. The molecule has 3 amide bonds. The molecule has 0 unspecified atom stereocenters. The summed E-state index contributed by atoms with van der Waals surface area (Å²) < 4.78 is 41.4. The molecule has 2 saturated heterocycles. The molecule has 17 heteroatoms. The number of hydrogen-bond donors (Lipinski definition) is 4. The number of anilines is 1. The normalized spacial score (nSPS) is 15.9. The topological polar surface area (TPSA) is 152 Å². The summed E-state index contributed by atoms with van der Waals surface area (Å²) in [7, 11) is 0. The quantitative estimate of drug-likeness (QED) is 0.219. The Morgan fingerprint density at radius 2 is 1.69 bits per heavy atom. The van der Waals surface area contributed by atoms with Crippen LogP contribution in [0.4, 0.5) is 18.9 Å². The average Bonchev–Trinajstić information content (AvgIpc) is 3.73. The molecule has 0 atom stereocenters. The van der Waals surface area contributed by atoms with E-state index in [9.17, 15) is 27.6 Å². The number of imidazole rings is 1. The number of nitrogens with one attached hydrogen (secondary N) is 4. The molecule has 3 aromatic heterocycles. The molecule has 4 aromatic rings. The van der Waals surface area contributed by atoms with E-state index in [0.717, 1.165) is 25.9 Å². The standard InChI is InChI=1S/C31H30Cl2F3N9O3/c32-18-1-4-24(38-15-18)25-22(26(43-42-25)31(34,35)36)13-20-16-39-27(40-20)28(46)41-19-2-3-21(23(33)14-19)30(48)45-11-9-44(10-12-45)29(47)17-5-7-37-8-6-17/h1-4,14-17,37H,5-13H2,(H,39,40)(H,41,46)(H,42,43). The lowest BCUT2D eigenvalue weighted by molar-refractivity contribution is -0.141. The van der Waals surface area contributed by atoms with Crippen molar-refractivity contribution in [3.63, 3.8) is 0 Å². The van der Waals surface area contributed by atoms with Gasteiger partial charge in [-0.15, -0.1) is 0 Å². The largest absolute Gasteiger partial charge is 0.433 e. The fourth-order valence-corrected chi connectivity index (χ4v) is 6.21. The number of pyridine rings is 1. The summed E-state index contributed by atoms with van der Waals surface area (Å²) in [4.78, 5) is 53.4. The number of aromatic nitrogens is 5. The first-order chi connectivity index (χ1) is 23.0. The molecule has 0 bridgehead atoms. The fourth-order valence-electron chi connectivity index (χ4n) is 5.84. The lowest BCUT2D eigenvalue weighted by Gasteiger charge is -2.37. The monoisotopic (exact) mass is 703 g/mol. The highest BCUT2D eigenvalue weighted by atomic mass is 35.5. The van der Waals surface area contributed by atoms with Gasteiger partial charge >= 0.3 is 6.18 Å². The molecule has 0 aliphatic carbocycles. The number of piperidine rings is 1. The van der Waals surface area contributed by atoms with Crippen LogP contribution < -0.4 is 10.6 Å². The van der Waals surface area contributed by atoms with Gasteiger partial charge in [-0.2, -0.15) is 18.3 Å². The van der Waals surface area contributed by atoms with Gasteiger partial charge in [0.15, 0.2) is 5.82 Å². The number of aromatic amines is 2. The third-order valence-electron chi connectivity index (χ3n) is 8.36. The number of carbonyl (C=O) groups is 3. The summed E-state index contributed by atoms with van der Waals surface area (Å²) in [5.41, 5.74) is -0.319. The van der Waals surface area contributed by atoms with Gasteiger partial charge in [0.05, 0.1) is 21.3 Å². The van der Waals surface area contributed by atoms with E-state index in [-0.39, 0.29) is 68.9 Å². The van der Waals surface area contributed by atoms with E-state index in [4.69, 9.17) is 23.2 Å². The second kappa shape index (κ2) is 13.9. The highest BCUT2D eigenvalue weighted by Crippen LogP contribution is 2.36. The van der Waals surface area contributed by atoms with Gasteiger partial charge in [-0.05, 0) is 56.3 Å². The molecule has 2 aliphatic heterocycles. The number of benzene rings is 1. The Hall–Kier alpha value is -4.47. The molecule has 5 heterocycles. The predicted octanol–water partition coefficient (Wildman–Crippen LogP) is 4.65. The van der Waals surface area contributed by atoms with Gasteiger partial charge in [0, 0.05) is 67.9 Å². The maximum atomic E-state index is 13.8. The van der Waals surface area contributed by atoms with Gasteiger partial charge in [0.2, 0.25) is 5.91 Å². The first-order valence-electron chi connectivity index (χ1n) is 15.2. The first-order valence-corrected chi connectivity index (χ1v) is 15.9. The lowest BCUT2D eigenvalue weighted by Crippen LogP contribution is -2.52. The number of nitrogens with zero attached hydrogens (tertiary/aromatic N) is 5. The summed E-state index contributed by atoms with van der Waals surface area (Å²) >= 11 is 12.3. The van der Waals surface area contributed by atoms with Gasteiger partial charge in [0.25, 0.3) is 11.8 Å². The molecular formula is C31H30Cl2F3N9O3. The summed E-state index contributed by atoms with van der Waals surface area (Å²) in [6, 6.07) is 7.40. The molecule has 0 saturated carbocycles. The van der Waals surface area contributed by atoms with Gasteiger partial charge in [0.1, 0.15) is 11.4 Å². The minimum absolute atomic E-state index is 0.0164. The summed E-state index contributed by atoms with van der Waals surface area (Å²) in [6.45, 7) is 3.31. The fraction of sp³-hybridized carbons (Fsp3) is 0.355. The molecule has 1 aromatic carbocycles. The maximum Gasteiger partial charge on any atom is 0.433 e. The zero-order valence-electron chi connectivity index (χ0n) is 25.3. The van der Waals surface area contributed by atoms with E-state index in [1.54, 1.807) is 4.90 Å². The minimum atomic E-state index is -4.72. The average molecular weight is 705 g/mol. The second-order valence-corrected chi connectivity index (χ2v) is 12.4. The van der Waals surface area contributed by atoms with E-state index in [1.807, 2.05) is 10.00 Å². The van der Waals surface area contributed by atoms with Crippen LogP contribution in [-0.2, 0) is 17.4 Å². The number of alkyl halides is 3. The Morgan fingerprint density at radius 1 is 0.958 bits per heavy atom. The zero-order chi connectivity index (χ0) is 34.0. The van der Waals surface area contributed by atoms with Crippen molar-refractivity contribution in [3.05, 3.63) is 81.1 Å². The highest BCUT2D eigenvalue weighted by Gasteiger charge is 2.38. The van der Waals surface area contributed by atoms with Crippen molar-refractivity contribution in [2.24, 2.45) is 5.92 Å². The smallest absolute Gasteiger partial charge is 0.339 e. The molecule has 0 spiro atoms. The van der Waals surface area contributed by atoms with Crippen LogP contribution in [0.3, 0.4) is 0 Å². The third-order valence-corrected chi connectivity index (χ3v) is 8.89. The third kappa shape index (κ3) is 7.32.